The molecule has 0 radical (unpaired) electrons. The molecule has 0 aliphatic carbocycles. The normalized spacial score (nSPS) is 14.3. The zero-order valence-corrected chi connectivity index (χ0v) is 24.3. The Kier molecular flexibility index (Phi) is 8.95. The van der Waals surface area contributed by atoms with Crippen molar-refractivity contribution in [2.45, 2.75) is 37.8 Å². The number of rotatable bonds is 11. The molecule has 40 heavy (non-hydrogen) atoms. The van der Waals surface area contributed by atoms with E-state index in [1.54, 1.807) is 40.5 Å². The standard InChI is InChI=1S/C31H34FN3O3S2/c1-24-14-19-39-30(24)22-34(21-25-8-11-28(32)12-9-25)31(36)23-35(18-17-33-15-4-5-16-33)40(37,38)29-13-10-26-6-2-3-7-27(26)20-29/h2-3,6-14,19-20H,4-5,15-18,21-23H2,1H3. The number of carbonyl (C=O) groups excluding carboxylic acids is 1. The van der Waals surface area contributed by atoms with Crippen LogP contribution in [0.25, 0.3) is 10.8 Å². The molecule has 0 N–H and O–H groups in total. The van der Waals surface area contributed by atoms with Gasteiger partial charge in [-0.25, -0.2) is 12.8 Å². The van der Waals surface area contributed by atoms with Crippen molar-refractivity contribution in [3.05, 3.63) is 100.0 Å². The molecule has 1 aliphatic heterocycles. The molecule has 210 valence electrons. The van der Waals surface area contributed by atoms with Gasteiger partial charge in [-0.1, -0.05) is 42.5 Å². The second-order valence-corrected chi connectivity index (χ2v) is 13.2. The third-order valence-electron chi connectivity index (χ3n) is 7.48. The van der Waals surface area contributed by atoms with Crippen LogP contribution in [0.4, 0.5) is 4.39 Å². The molecule has 6 nitrogen and oxygen atoms in total. The molecule has 5 rings (SSSR count). The maximum atomic E-state index is 14.0. The number of thiophene rings is 1. The summed E-state index contributed by atoms with van der Waals surface area (Å²) in [5.74, 6) is -0.631. The van der Waals surface area contributed by atoms with Crippen LogP contribution in [0.3, 0.4) is 0 Å². The van der Waals surface area contributed by atoms with Gasteiger partial charge in [0.1, 0.15) is 5.82 Å². The van der Waals surface area contributed by atoms with Gasteiger partial charge in [-0.2, -0.15) is 4.31 Å². The van der Waals surface area contributed by atoms with Gasteiger partial charge in [-0.05, 0) is 90.5 Å². The van der Waals surface area contributed by atoms with Crippen molar-refractivity contribution in [2.75, 3.05) is 32.7 Å². The Labute approximate surface area is 239 Å². The highest BCUT2D eigenvalue weighted by molar-refractivity contribution is 7.89. The van der Waals surface area contributed by atoms with E-state index in [2.05, 4.69) is 4.90 Å². The fraction of sp³-hybridized carbons (Fsp3) is 0.323. The average Bonchev–Trinajstić information content (AvgIpc) is 3.63. The van der Waals surface area contributed by atoms with Crippen molar-refractivity contribution in [3.8, 4) is 0 Å². The number of likely N-dealkylation sites (tertiary alicyclic amines) is 1. The van der Waals surface area contributed by atoms with E-state index >= 15 is 0 Å². The van der Waals surface area contributed by atoms with Gasteiger partial charge in [-0.3, -0.25) is 4.79 Å². The lowest BCUT2D eigenvalue weighted by Gasteiger charge is -2.28. The number of hydrogen-bond acceptors (Lipinski definition) is 5. The topological polar surface area (TPSA) is 60.9 Å². The average molecular weight is 580 g/mol. The van der Waals surface area contributed by atoms with E-state index in [0.29, 0.717) is 13.1 Å². The fourth-order valence-corrected chi connectivity index (χ4v) is 7.39. The summed E-state index contributed by atoms with van der Waals surface area (Å²) in [5.41, 5.74) is 1.86. The van der Waals surface area contributed by atoms with Crippen molar-refractivity contribution in [3.63, 3.8) is 0 Å². The zero-order valence-electron chi connectivity index (χ0n) is 22.6. The number of aryl methyl sites for hydroxylation is 1. The Morgan fingerprint density at radius 3 is 2.38 bits per heavy atom. The lowest BCUT2D eigenvalue weighted by atomic mass is 10.1. The van der Waals surface area contributed by atoms with Gasteiger partial charge in [0.2, 0.25) is 15.9 Å². The van der Waals surface area contributed by atoms with Crippen LogP contribution in [0.2, 0.25) is 0 Å². The van der Waals surface area contributed by atoms with Crippen LogP contribution in [-0.2, 0) is 27.9 Å². The van der Waals surface area contributed by atoms with Crippen molar-refractivity contribution < 1.29 is 17.6 Å². The van der Waals surface area contributed by atoms with Crippen LogP contribution in [0.5, 0.6) is 0 Å². The first-order chi connectivity index (χ1) is 19.3. The van der Waals surface area contributed by atoms with Crippen LogP contribution in [0.1, 0.15) is 28.8 Å². The minimum atomic E-state index is -3.95. The first-order valence-electron chi connectivity index (χ1n) is 13.6. The highest BCUT2D eigenvalue weighted by Crippen LogP contribution is 2.24. The fourth-order valence-electron chi connectivity index (χ4n) is 5.05. The molecule has 1 amide bonds. The Bertz CT molecular complexity index is 1560. The Hall–Kier alpha value is -3.11. The van der Waals surface area contributed by atoms with E-state index in [4.69, 9.17) is 0 Å². The molecule has 0 saturated carbocycles. The molecule has 3 aromatic carbocycles. The summed E-state index contributed by atoms with van der Waals surface area (Å²) in [5, 5.41) is 3.77. The predicted molar refractivity (Wildman–Crippen MR) is 158 cm³/mol. The molecule has 0 atom stereocenters. The lowest BCUT2D eigenvalue weighted by molar-refractivity contribution is -0.132. The van der Waals surface area contributed by atoms with Crippen LogP contribution in [-0.4, -0.2) is 61.2 Å². The molecule has 9 heteroatoms. The number of sulfonamides is 1. The van der Waals surface area contributed by atoms with Gasteiger partial charge in [0, 0.05) is 24.5 Å². The molecular weight excluding hydrogens is 545 g/mol. The second kappa shape index (κ2) is 12.6. The van der Waals surface area contributed by atoms with Gasteiger partial charge in [0.05, 0.1) is 18.0 Å². The first-order valence-corrected chi connectivity index (χ1v) is 15.9. The quantitative estimate of drug-likeness (QED) is 0.230. The van der Waals surface area contributed by atoms with Crippen molar-refractivity contribution >= 4 is 38.0 Å². The van der Waals surface area contributed by atoms with Crippen LogP contribution in [0.15, 0.2) is 83.1 Å². The summed E-state index contributed by atoms with van der Waals surface area (Å²) in [6, 6.07) is 20.8. The van der Waals surface area contributed by atoms with E-state index in [-0.39, 0.29) is 36.3 Å². The summed E-state index contributed by atoms with van der Waals surface area (Å²) in [7, 11) is -3.95. The third kappa shape index (κ3) is 6.78. The van der Waals surface area contributed by atoms with E-state index in [0.717, 1.165) is 52.7 Å². The Morgan fingerprint density at radius 2 is 1.68 bits per heavy atom. The molecule has 2 heterocycles. The summed E-state index contributed by atoms with van der Waals surface area (Å²) in [4.78, 5) is 19.0. The molecule has 0 spiro atoms. The number of benzene rings is 3. The third-order valence-corrected chi connectivity index (χ3v) is 10.3. The van der Waals surface area contributed by atoms with Gasteiger partial charge in [0.15, 0.2) is 0 Å². The van der Waals surface area contributed by atoms with Crippen LogP contribution >= 0.6 is 11.3 Å². The molecule has 1 aliphatic rings. The maximum absolute atomic E-state index is 14.0. The van der Waals surface area contributed by atoms with Crippen molar-refractivity contribution in [1.29, 1.82) is 0 Å². The summed E-state index contributed by atoms with van der Waals surface area (Å²) in [6.45, 7) is 5.01. The van der Waals surface area contributed by atoms with Gasteiger partial charge in [0.25, 0.3) is 0 Å². The van der Waals surface area contributed by atoms with Crippen LogP contribution in [0, 0.1) is 12.7 Å². The minimum absolute atomic E-state index is 0.180. The summed E-state index contributed by atoms with van der Waals surface area (Å²) in [6.07, 6.45) is 2.20. The second-order valence-electron chi connectivity index (χ2n) is 10.3. The van der Waals surface area contributed by atoms with E-state index < -0.39 is 10.0 Å². The summed E-state index contributed by atoms with van der Waals surface area (Å²) < 4.78 is 42.9. The Morgan fingerprint density at radius 1 is 0.950 bits per heavy atom. The minimum Gasteiger partial charge on any atom is -0.332 e. The molecular formula is C31H34FN3O3S2. The highest BCUT2D eigenvalue weighted by Gasteiger charge is 2.30. The van der Waals surface area contributed by atoms with E-state index in [9.17, 15) is 17.6 Å². The van der Waals surface area contributed by atoms with E-state index in [1.165, 1.54) is 16.4 Å². The molecule has 0 unspecified atom stereocenters. The molecule has 1 aromatic heterocycles. The smallest absolute Gasteiger partial charge is 0.243 e. The lowest BCUT2D eigenvalue weighted by Crippen LogP contribution is -2.45. The predicted octanol–water partition coefficient (Wildman–Crippen LogP) is 5.66. The largest absolute Gasteiger partial charge is 0.332 e. The summed E-state index contributed by atoms with van der Waals surface area (Å²) >= 11 is 1.57. The zero-order chi connectivity index (χ0) is 28.1. The molecule has 1 saturated heterocycles. The number of fused-ring (bicyclic) bond motifs is 1. The number of amides is 1. The monoisotopic (exact) mass is 579 g/mol. The van der Waals surface area contributed by atoms with Crippen molar-refractivity contribution in [2.24, 2.45) is 0 Å². The van der Waals surface area contributed by atoms with Gasteiger partial charge in [-0.15, -0.1) is 11.3 Å². The van der Waals surface area contributed by atoms with E-state index in [1.807, 2.05) is 48.7 Å². The molecule has 0 bridgehead atoms. The van der Waals surface area contributed by atoms with Gasteiger partial charge < -0.3 is 9.80 Å². The Balaban J connectivity index is 1.43. The van der Waals surface area contributed by atoms with Crippen LogP contribution < -0.4 is 0 Å². The van der Waals surface area contributed by atoms with Crippen molar-refractivity contribution in [1.82, 2.24) is 14.1 Å². The number of carbonyl (C=O) groups is 1. The molecule has 4 aromatic rings. The van der Waals surface area contributed by atoms with Gasteiger partial charge >= 0.3 is 0 Å². The number of halogens is 1. The first kappa shape index (κ1) is 28.4. The molecule has 1 fully saturated rings. The maximum Gasteiger partial charge on any atom is 0.243 e. The number of nitrogens with zero attached hydrogens (tertiary/aromatic N) is 3. The number of hydrogen-bond donors (Lipinski definition) is 0. The highest BCUT2D eigenvalue weighted by atomic mass is 32.2. The SMILES string of the molecule is Cc1ccsc1CN(Cc1ccc(F)cc1)C(=O)CN(CCN1CCCC1)S(=O)(=O)c1ccc2ccccc2c1.